The second kappa shape index (κ2) is 5.46. The van der Waals surface area contributed by atoms with Crippen LogP contribution in [0.2, 0.25) is 0 Å². The number of nitrogens with one attached hydrogen (secondary N) is 1. The molecule has 1 heterocycles. The van der Waals surface area contributed by atoms with E-state index in [4.69, 9.17) is 0 Å². The van der Waals surface area contributed by atoms with Crippen LogP contribution in [0.1, 0.15) is 9.67 Å². The lowest BCUT2D eigenvalue weighted by Gasteiger charge is -2.07. The summed E-state index contributed by atoms with van der Waals surface area (Å²) < 4.78 is 27.3. The van der Waals surface area contributed by atoms with Crippen molar-refractivity contribution in [2.45, 2.75) is 0 Å². The fraction of sp³-hybridized carbons (Fsp3) is 0. The van der Waals surface area contributed by atoms with Crippen LogP contribution in [0.15, 0.2) is 32.5 Å². The van der Waals surface area contributed by atoms with Crippen molar-refractivity contribution in [1.82, 2.24) is 0 Å². The second-order valence-electron chi connectivity index (χ2n) is 3.30. The van der Waals surface area contributed by atoms with Crippen molar-refractivity contribution in [3.05, 3.63) is 49.0 Å². The van der Waals surface area contributed by atoms with Gasteiger partial charge in [-0.1, -0.05) is 0 Å². The molecule has 1 aromatic carbocycles. The Balaban J connectivity index is 2.27. The minimum Gasteiger partial charge on any atom is -0.318 e. The SMILES string of the molecule is O=C(Nc1c(F)cc(F)cc1Br)c1ccc(Br)s1. The van der Waals surface area contributed by atoms with E-state index in [1.54, 1.807) is 12.1 Å². The van der Waals surface area contributed by atoms with Crippen molar-refractivity contribution in [2.75, 3.05) is 5.32 Å². The van der Waals surface area contributed by atoms with Gasteiger partial charge in [-0.25, -0.2) is 8.78 Å². The van der Waals surface area contributed by atoms with Crippen LogP contribution in [0.25, 0.3) is 0 Å². The van der Waals surface area contributed by atoms with Gasteiger partial charge in [0.05, 0.1) is 14.4 Å². The zero-order chi connectivity index (χ0) is 13.3. The van der Waals surface area contributed by atoms with Crippen molar-refractivity contribution in [1.29, 1.82) is 0 Å². The lowest BCUT2D eigenvalue weighted by molar-refractivity contribution is 0.103. The molecular formula is C11H5Br2F2NOS. The first kappa shape index (κ1) is 13.6. The largest absolute Gasteiger partial charge is 0.318 e. The first-order valence-corrected chi connectivity index (χ1v) is 7.09. The van der Waals surface area contributed by atoms with Gasteiger partial charge < -0.3 is 5.32 Å². The molecule has 1 amide bonds. The highest BCUT2D eigenvalue weighted by atomic mass is 79.9. The third kappa shape index (κ3) is 2.96. The normalized spacial score (nSPS) is 10.4. The zero-order valence-electron chi connectivity index (χ0n) is 8.64. The molecule has 94 valence electrons. The van der Waals surface area contributed by atoms with Gasteiger partial charge in [-0.2, -0.15) is 0 Å². The molecule has 0 bridgehead atoms. The van der Waals surface area contributed by atoms with Crippen LogP contribution in [0.3, 0.4) is 0 Å². The van der Waals surface area contributed by atoms with E-state index in [9.17, 15) is 13.6 Å². The minimum atomic E-state index is -0.828. The highest BCUT2D eigenvalue weighted by molar-refractivity contribution is 9.11. The molecule has 1 N–H and O–H groups in total. The molecule has 2 aromatic rings. The van der Waals surface area contributed by atoms with Gasteiger partial charge in [0, 0.05) is 10.5 Å². The molecule has 2 rings (SSSR count). The van der Waals surface area contributed by atoms with E-state index in [-0.39, 0.29) is 10.2 Å². The number of carbonyl (C=O) groups is 1. The van der Waals surface area contributed by atoms with E-state index in [0.717, 1.165) is 9.85 Å². The lowest BCUT2D eigenvalue weighted by Crippen LogP contribution is -2.12. The summed E-state index contributed by atoms with van der Waals surface area (Å²) in [7, 11) is 0. The van der Waals surface area contributed by atoms with Crippen LogP contribution in [-0.2, 0) is 0 Å². The van der Waals surface area contributed by atoms with Crippen LogP contribution in [0.5, 0.6) is 0 Å². The second-order valence-corrected chi connectivity index (χ2v) is 6.62. The number of anilines is 1. The summed E-state index contributed by atoms with van der Waals surface area (Å²) in [6.45, 7) is 0. The van der Waals surface area contributed by atoms with Crippen molar-refractivity contribution in [3.63, 3.8) is 0 Å². The Labute approximate surface area is 122 Å². The number of hydrogen-bond donors (Lipinski definition) is 1. The Morgan fingerprint density at radius 2 is 1.94 bits per heavy atom. The third-order valence-electron chi connectivity index (χ3n) is 2.04. The molecule has 0 aliphatic carbocycles. The molecule has 0 atom stereocenters. The smallest absolute Gasteiger partial charge is 0.265 e. The molecule has 0 aliphatic rings. The number of rotatable bonds is 2. The number of amides is 1. The number of carbonyl (C=O) groups excluding carboxylic acids is 1. The van der Waals surface area contributed by atoms with Crippen LogP contribution in [-0.4, -0.2) is 5.91 Å². The molecule has 1 aromatic heterocycles. The highest BCUT2D eigenvalue weighted by Gasteiger charge is 2.15. The van der Waals surface area contributed by atoms with Crippen LogP contribution in [0, 0.1) is 11.6 Å². The number of hydrogen-bond acceptors (Lipinski definition) is 2. The quantitative estimate of drug-likeness (QED) is 0.775. The molecule has 7 heteroatoms. The van der Waals surface area contributed by atoms with E-state index in [1.807, 2.05) is 0 Å². The Kier molecular flexibility index (Phi) is 4.14. The molecule has 0 saturated heterocycles. The summed E-state index contributed by atoms with van der Waals surface area (Å²) in [5.74, 6) is -1.99. The fourth-order valence-corrected chi connectivity index (χ4v) is 3.06. The molecule has 0 fully saturated rings. The summed E-state index contributed by atoms with van der Waals surface area (Å²) in [4.78, 5) is 12.2. The maximum absolute atomic E-state index is 13.5. The van der Waals surface area contributed by atoms with Crippen LogP contribution < -0.4 is 5.32 Å². The molecule has 18 heavy (non-hydrogen) atoms. The average Bonchev–Trinajstić information content (AvgIpc) is 2.70. The monoisotopic (exact) mass is 395 g/mol. The first-order chi connectivity index (χ1) is 8.47. The van der Waals surface area contributed by atoms with Gasteiger partial charge in [0.2, 0.25) is 0 Å². The summed E-state index contributed by atoms with van der Waals surface area (Å²) in [5, 5.41) is 2.40. The van der Waals surface area contributed by atoms with Crippen molar-refractivity contribution in [2.24, 2.45) is 0 Å². The molecule has 0 radical (unpaired) electrons. The van der Waals surface area contributed by atoms with E-state index < -0.39 is 17.5 Å². The third-order valence-corrected chi connectivity index (χ3v) is 4.29. The van der Waals surface area contributed by atoms with Gasteiger partial charge in [-0.3, -0.25) is 4.79 Å². The van der Waals surface area contributed by atoms with E-state index in [2.05, 4.69) is 37.2 Å². The van der Waals surface area contributed by atoms with Crippen molar-refractivity contribution < 1.29 is 13.6 Å². The Morgan fingerprint density at radius 1 is 1.22 bits per heavy atom. The van der Waals surface area contributed by atoms with Gasteiger partial charge in [0.25, 0.3) is 5.91 Å². The molecule has 0 saturated carbocycles. The number of halogens is 4. The van der Waals surface area contributed by atoms with Crippen molar-refractivity contribution in [3.8, 4) is 0 Å². The summed E-state index contributed by atoms with van der Waals surface area (Å²) in [6.07, 6.45) is 0. The Hall–Kier alpha value is -0.790. The summed E-state index contributed by atoms with van der Waals surface area (Å²) >= 11 is 7.46. The predicted octanol–water partition coefficient (Wildman–Crippen LogP) is 4.80. The summed E-state index contributed by atoms with van der Waals surface area (Å²) in [5.41, 5.74) is -0.0778. The van der Waals surface area contributed by atoms with E-state index in [1.165, 1.54) is 11.3 Å². The summed E-state index contributed by atoms with van der Waals surface area (Å²) in [6, 6.07) is 5.13. The zero-order valence-corrected chi connectivity index (χ0v) is 12.6. The first-order valence-electron chi connectivity index (χ1n) is 4.68. The van der Waals surface area contributed by atoms with Crippen LogP contribution >= 0.6 is 43.2 Å². The van der Waals surface area contributed by atoms with Gasteiger partial charge in [-0.15, -0.1) is 11.3 Å². The molecule has 0 spiro atoms. The number of benzene rings is 1. The molecule has 2 nitrogen and oxygen atoms in total. The highest BCUT2D eigenvalue weighted by Crippen LogP contribution is 2.28. The van der Waals surface area contributed by atoms with Gasteiger partial charge >= 0.3 is 0 Å². The maximum atomic E-state index is 13.5. The average molecular weight is 397 g/mol. The van der Waals surface area contributed by atoms with Crippen molar-refractivity contribution >= 4 is 54.8 Å². The van der Waals surface area contributed by atoms with E-state index >= 15 is 0 Å². The van der Waals surface area contributed by atoms with E-state index in [0.29, 0.717) is 10.9 Å². The van der Waals surface area contributed by atoms with Gasteiger partial charge in [0.15, 0.2) is 5.82 Å². The molecule has 0 unspecified atom stereocenters. The van der Waals surface area contributed by atoms with Gasteiger partial charge in [-0.05, 0) is 50.1 Å². The predicted molar refractivity (Wildman–Crippen MR) is 74.0 cm³/mol. The topological polar surface area (TPSA) is 29.1 Å². The molecule has 0 aliphatic heterocycles. The van der Waals surface area contributed by atoms with Crippen LogP contribution in [0.4, 0.5) is 14.5 Å². The molecular weight excluding hydrogens is 392 g/mol. The lowest BCUT2D eigenvalue weighted by atomic mass is 10.3. The fourth-order valence-electron chi connectivity index (χ4n) is 1.27. The maximum Gasteiger partial charge on any atom is 0.265 e. The van der Waals surface area contributed by atoms with Gasteiger partial charge in [0.1, 0.15) is 5.82 Å². The minimum absolute atomic E-state index is 0.0778. The Bertz CT molecular complexity index is 592. The Morgan fingerprint density at radius 3 is 2.50 bits per heavy atom. The standard InChI is InChI=1S/C11H5Br2F2NOS/c12-6-3-5(14)4-7(15)10(6)16-11(17)8-1-2-9(13)18-8/h1-4H,(H,16,17). The number of thiophene rings is 1.